The van der Waals surface area contributed by atoms with E-state index in [9.17, 15) is 4.79 Å². The van der Waals surface area contributed by atoms with Gasteiger partial charge in [0.25, 0.3) is 0 Å². The lowest BCUT2D eigenvalue weighted by Gasteiger charge is -2.41. The van der Waals surface area contributed by atoms with E-state index < -0.39 is 17.7 Å². The molecule has 0 radical (unpaired) electrons. The fraction of sp³-hybridized carbons (Fsp3) is 0.500. The topological polar surface area (TPSA) is 78.2 Å². The van der Waals surface area contributed by atoms with Crippen molar-refractivity contribution in [3.63, 3.8) is 0 Å². The van der Waals surface area contributed by atoms with E-state index in [1.165, 1.54) is 11.1 Å². The van der Waals surface area contributed by atoms with Crippen molar-refractivity contribution in [3.8, 4) is 0 Å². The highest BCUT2D eigenvalue weighted by molar-refractivity contribution is 5.80. The summed E-state index contributed by atoms with van der Waals surface area (Å²) < 4.78 is 20.3. The van der Waals surface area contributed by atoms with Crippen LogP contribution in [0.1, 0.15) is 88.1 Å². The molecule has 6 rings (SSSR count). The molecule has 0 unspecified atom stereocenters. The molecule has 1 atom stereocenters. The van der Waals surface area contributed by atoms with Crippen LogP contribution in [-0.4, -0.2) is 58.1 Å². The average molecular weight is 573 g/mol. The number of aromatic nitrogens is 3. The van der Waals surface area contributed by atoms with Gasteiger partial charge in [-0.1, -0.05) is 42.5 Å². The van der Waals surface area contributed by atoms with Gasteiger partial charge in [0.15, 0.2) is 11.8 Å². The number of esters is 1. The number of fused-ring (bicyclic) bond motifs is 6. The minimum absolute atomic E-state index is 0.256. The van der Waals surface area contributed by atoms with Crippen LogP contribution in [0, 0.1) is 6.92 Å². The molecular formula is C34H44N4O4. The molecule has 3 aromatic rings. The van der Waals surface area contributed by atoms with Crippen molar-refractivity contribution < 1.29 is 19.0 Å². The molecule has 2 aromatic heterocycles. The molecule has 1 saturated heterocycles. The molecule has 0 N–H and O–H groups in total. The van der Waals surface area contributed by atoms with Crippen LogP contribution in [0.3, 0.4) is 0 Å². The molecule has 0 spiro atoms. The van der Waals surface area contributed by atoms with Gasteiger partial charge in [0.2, 0.25) is 0 Å². The van der Waals surface area contributed by atoms with Gasteiger partial charge in [-0.05, 0) is 84.4 Å². The number of nitrogens with zero attached hydrogens (tertiary/aromatic N) is 4. The number of ether oxygens (including phenoxy) is 3. The van der Waals surface area contributed by atoms with Crippen LogP contribution in [0.15, 0.2) is 42.5 Å². The number of benzene rings is 1. The summed E-state index contributed by atoms with van der Waals surface area (Å²) in [5.41, 5.74) is 4.69. The van der Waals surface area contributed by atoms with E-state index in [0.29, 0.717) is 12.2 Å². The lowest BCUT2D eigenvalue weighted by atomic mass is 9.92. The molecule has 8 nitrogen and oxygen atoms in total. The second-order valence-corrected chi connectivity index (χ2v) is 12.4. The first-order valence-corrected chi connectivity index (χ1v) is 15.1. The monoisotopic (exact) mass is 572 g/mol. The third-order valence-electron chi connectivity index (χ3n) is 7.93. The maximum absolute atomic E-state index is 13.4. The van der Waals surface area contributed by atoms with Gasteiger partial charge in [-0.25, -0.2) is 9.78 Å². The fourth-order valence-corrected chi connectivity index (χ4v) is 5.75. The summed E-state index contributed by atoms with van der Waals surface area (Å²) in [5, 5.41) is 5.00. The highest BCUT2D eigenvalue weighted by Gasteiger charge is 2.38. The molecule has 224 valence electrons. The number of carbonyl (C=O) groups is 1. The van der Waals surface area contributed by atoms with Gasteiger partial charge in [0.1, 0.15) is 5.82 Å². The number of hydrogen-bond donors (Lipinski definition) is 0. The highest BCUT2D eigenvalue weighted by atomic mass is 16.6. The Morgan fingerprint density at radius 3 is 2.64 bits per heavy atom. The van der Waals surface area contributed by atoms with E-state index in [0.717, 1.165) is 61.6 Å². The Hall–Kier alpha value is -3.49. The first kappa shape index (κ1) is 30.0. The molecular weight excluding hydrogens is 528 g/mol. The first-order valence-electron chi connectivity index (χ1n) is 15.1. The number of carbonyl (C=O) groups excluding carboxylic acids is 1. The van der Waals surface area contributed by atoms with Crippen molar-refractivity contribution in [1.29, 1.82) is 0 Å². The number of piperidine rings is 1. The largest absolute Gasteiger partial charge is 0.464 e. The number of anilines is 1. The molecule has 4 bridgehead atoms. The fourth-order valence-electron chi connectivity index (χ4n) is 5.75. The van der Waals surface area contributed by atoms with E-state index in [4.69, 9.17) is 24.3 Å². The Kier molecular flexibility index (Phi) is 8.85. The summed E-state index contributed by atoms with van der Waals surface area (Å²) >= 11 is 0. The van der Waals surface area contributed by atoms with Crippen molar-refractivity contribution in [2.24, 2.45) is 0 Å². The van der Waals surface area contributed by atoms with E-state index in [1.54, 1.807) is 0 Å². The minimum Gasteiger partial charge on any atom is -0.464 e. The Labute approximate surface area is 249 Å². The molecule has 0 aliphatic carbocycles. The van der Waals surface area contributed by atoms with Crippen LogP contribution in [-0.2, 0) is 25.4 Å². The van der Waals surface area contributed by atoms with Crippen LogP contribution < -0.4 is 4.90 Å². The number of hydrogen-bond acceptors (Lipinski definition) is 7. The predicted octanol–water partition coefficient (Wildman–Crippen LogP) is 6.51. The lowest BCUT2D eigenvalue weighted by Crippen LogP contribution is -2.45. The molecule has 1 aromatic carbocycles. The van der Waals surface area contributed by atoms with Crippen molar-refractivity contribution in [2.45, 2.75) is 84.5 Å². The number of rotatable bonds is 4. The van der Waals surface area contributed by atoms with Gasteiger partial charge in [-0.15, -0.1) is 0 Å². The van der Waals surface area contributed by atoms with Gasteiger partial charge < -0.3 is 19.1 Å². The van der Waals surface area contributed by atoms with Crippen LogP contribution in [0.25, 0.3) is 17.8 Å². The molecule has 5 heterocycles. The second-order valence-electron chi connectivity index (χ2n) is 12.4. The summed E-state index contributed by atoms with van der Waals surface area (Å²) in [4.78, 5) is 20.6. The summed E-state index contributed by atoms with van der Waals surface area (Å²) in [6.45, 7) is 14.1. The van der Waals surface area contributed by atoms with E-state index in [1.807, 2.05) is 45.2 Å². The molecule has 0 amide bonds. The smallest absolute Gasteiger partial charge is 0.340 e. The molecule has 42 heavy (non-hydrogen) atoms. The average Bonchev–Trinajstić information content (AvgIpc) is 3.34. The minimum atomic E-state index is -0.937. The zero-order chi connectivity index (χ0) is 29.9. The summed E-state index contributed by atoms with van der Waals surface area (Å²) in [6, 6.07) is 10.5. The van der Waals surface area contributed by atoms with Crippen LogP contribution >= 0.6 is 0 Å². The molecule has 8 heteroatoms. The molecule has 3 aliphatic heterocycles. The third-order valence-corrected chi connectivity index (χ3v) is 7.93. The van der Waals surface area contributed by atoms with E-state index >= 15 is 0 Å². The van der Waals surface area contributed by atoms with E-state index in [2.05, 4.69) is 60.4 Å². The van der Waals surface area contributed by atoms with Crippen molar-refractivity contribution in [3.05, 3.63) is 70.6 Å². The number of aryl methyl sites for hydroxylation is 2. The number of allylic oxidation sites excluding steroid dienone is 1. The molecule has 0 saturated carbocycles. The Morgan fingerprint density at radius 1 is 1.14 bits per heavy atom. The maximum Gasteiger partial charge on any atom is 0.340 e. The standard InChI is InChI=1S/C34H44N4O4/c1-7-40-32(39)30(42-33(3,4)5)29-24(2)35-28-23-27-17-11-10-15-25-13-8-9-14-26(25)16-12-22-41-34(6)18-20-37(21-19-34)31(29)38(28)36-27/h8-9,11-14,16-17,23,30H,7,10,15,18-22H2,1-6H3/b16-12+,17-11+/t30-/m0/s1. The van der Waals surface area contributed by atoms with Crippen LogP contribution in [0.4, 0.5) is 5.82 Å². The summed E-state index contributed by atoms with van der Waals surface area (Å²) in [6.07, 6.45) is 11.1. The van der Waals surface area contributed by atoms with Crippen LogP contribution in [0.5, 0.6) is 0 Å². The van der Waals surface area contributed by atoms with Crippen molar-refractivity contribution in [2.75, 3.05) is 31.2 Å². The maximum atomic E-state index is 13.4. The summed E-state index contributed by atoms with van der Waals surface area (Å²) in [5.74, 6) is 0.411. The lowest BCUT2D eigenvalue weighted by molar-refractivity contribution is -0.166. The Morgan fingerprint density at radius 2 is 1.90 bits per heavy atom. The van der Waals surface area contributed by atoms with E-state index in [-0.39, 0.29) is 12.2 Å². The van der Waals surface area contributed by atoms with Crippen molar-refractivity contribution >= 4 is 29.6 Å². The van der Waals surface area contributed by atoms with Gasteiger partial charge in [-0.2, -0.15) is 9.61 Å². The van der Waals surface area contributed by atoms with Gasteiger partial charge in [-0.3, -0.25) is 0 Å². The normalized spacial score (nSPS) is 19.6. The Balaban J connectivity index is 1.62. The molecule has 3 aliphatic rings. The first-order chi connectivity index (χ1) is 20.1. The zero-order valence-electron chi connectivity index (χ0n) is 25.9. The highest BCUT2D eigenvalue weighted by Crippen LogP contribution is 2.38. The predicted molar refractivity (Wildman–Crippen MR) is 167 cm³/mol. The zero-order valence-corrected chi connectivity index (χ0v) is 25.9. The third kappa shape index (κ3) is 6.76. The van der Waals surface area contributed by atoms with Crippen molar-refractivity contribution in [1.82, 2.24) is 14.6 Å². The van der Waals surface area contributed by atoms with Gasteiger partial charge >= 0.3 is 5.97 Å². The van der Waals surface area contributed by atoms with Gasteiger partial charge in [0.05, 0.1) is 35.7 Å². The van der Waals surface area contributed by atoms with Crippen LogP contribution in [0.2, 0.25) is 0 Å². The SMILES string of the molecule is CCOC(=O)[C@@H](OC(C)(C)C)c1c(C)nc2cc3nn2c1N1CCC(C)(CC1)OC/C=C/c1ccccc1CC/C=C/3. The van der Waals surface area contributed by atoms with Gasteiger partial charge in [0, 0.05) is 24.8 Å². The Bertz CT molecular complexity index is 1470. The summed E-state index contributed by atoms with van der Waals surface area (Å²) in [7, 11) is 0. The molecule has 1 fully saturated rings. The second kappa shape index (κ2) is 12.4. The quantitative estimate of drug-likeness (QED) is 0.330.